The number of rotatable bonds is 22. The van der Waals surface area contributed by atoms with E-state index in [1.54, 1.807) is 0 Å². The Labute approximate surface area is 228 Å². The second-order valence-electron chi connectivity index (χ2n) is 10.3. The van der Waals surface area contributed by atoms with E-state index in [1.807, 2.05) is 13.8 Å². The van der Waals surface area contributed by atoms with Crippen molar-refractivity contribution in [2.75, 3.05) is 13.1 Å². The molecule has 2 atom stereocenters. The van der Waals surface area contributed by atoms with Crippen LogP contribution in [0.3, 0.4) is 0 Å². The fourth-order valence-electron chi connectivity index (χ4n) is 4.03. The lowest BCUT2D eigenvalue weighted by Crippen LogP contribution is -2.46. The number of nitrogens with one attached hydrogen (secondary N) is 4. The standard InChI is InChI=1S/C28H50N4O6/c1-20(2)26(36)16-10-7-12-19-30-28(38)25(32-23(5)35)15-8-6-9-17-27(37)24(31-22(4)34)14-11-13-18-29-21(3)33/h20,24-25H,6-19H2,1-5H3,(H,29,33)(H,30,38)(H,31,34)(H,32,35)/t24-,25-/m0/s1. The van der Waals surface area contributed by atoms with Crippen LogP contribution in [0.5, 0.6) is 0 Å². The molecule has 0 radical (unpaired) electrons. The SMILES string of the molecule is CC(=O)NCCCC[C@H](NC(C)=O)C(=O)CCCCC[C@H](NC(C)=O)C(=O)NCCCCCC(=O)C(C)C. The van der Waals surface area contributed by atoms with Crippen LogP contribution in [0.4, 0.5) is 0 Å². The van der Waals surface area contributed by atoms with Crippen LogP contribution in [-0.4, -0.2) is 60.4 Å². The van der Waals surface area contributed by atoms with Crippen LogP contribution in [-0.2, 0) is 28.8 Å². The number of ketones is 2. The maximum Gasteiger partial charge on any atom is 0.242 e. The van der Waals surface area contributed by atoms with E-state index in [-0.39, 0.29) is 41.1 Å². The lowest BCUT2D eigenvalue weighted by atomic mass is 9.99. The van der Waals surface area contributed by atoms with Crippen molar-refractivity contribution in [2.45, 2.75) is 124 Å². The van der Waals surface area contributed by atoms with Gasteiger partial charge in [-0.2, -0.15) is 0 Å². The molecular weight excluding hydrogens is 488 g/mol. The minimum Gasteiger partial charge on any atom is -0.356 e. The highest BCUT2D eigenvalue weighted by atomic mass is 16.2. The Morgan fingerprint density at radius 2 is 1.00 bits per heavy atom. The Morgan fingerprint density at radius 1 is 0.526 bits per heavy atom. The maximum absolute atomic E-state index is 12.6. The summed E-state index contributed by atoms with van der Waals surface area (Å²) in [4.78, 5) is 70.9. The van der Waals surface area contributed by atoms with E-state index in [2.05, 4.69) is 21.3 Å². The van der Waals surface area contributed by atoms with E-state index >= 15 is 0 Å². The topological polar surface area (TPSA) is 151 Å². The normalized spacial score (nSPS) is 12.4. The minimum atomic E-state index is -0.624. The van der Waals surface area contributed by atoms with Gasteiger partial charge in [-0.1, -0.05) is 33.1 Å². The molecule has 0 fully saturated rings. The van der Waals surface area contributed by atoms with Gasteiger partial charge in [-0.3, -0.25) is 28.8 Å². The van der Waals surface area contributed by atoms with Crippen LogP contribution < -0.4 is 21.3 Å². The summed E-state index contributed by atoms with van der Waals surface area (Å²) in [7, 11) is 0. The molecular formula is C28H50N4O6. The third kappa shape index (κ3) is 19.3. The first-order chi connectivity index (χ1) is 17.9. The lowest BCUT2D eigenvalue weighted by Gasteiger charge is -2.18. The summed E-state index contributed by atoms with van der Waals surface area (Å²) in [6, 6.07) is -1.16. The lowest BCUT2D eigenvalue weighted by molar-refractivity contribution is -0.128. The van der Waals surface area contributed by atoms with Crippen molar-refractivity contribution in [1.82, 2.24) is 21.3 Å². The summed E-state index contributed by atoms with van der Waals surface area (Å²) in [6.07, 6.45) is 7.77. The molecule has 10 heteroatoms. The fourth-order valence-corrected chi connectivity index (χ4v) is 4.03. The van der Waals surface area contributed by atoms with Crippen molar-refractivity contribution in [3.8, 4) is 0 Å². The average molecular weight is 539 g/mol. The van der Waals surface area contributed by atoms with Gasteiger partial charge < -0.3 is 21.3 Å². The Hall–Kier alpha value is -2.78. The summed E-state index contributed by atoms with van der Waals surface area (Å²) >= 11 is 0. The first-order valence-electron chi connectivity index (χ1n) is 14.1. The average Bonchev–Trinajstić information content (AvgIpc) is 2.82. The molecule has 38 heavy (non-hydrogen) atoms. The van der Waals surface area contributed by atoms with E-state index in [0.717, 1.165) is 25.7 Å². The Bertz CT molecular complexity index is 768. The number of unbranched alkanes of at least 4 members (excludes halogenated alkanes) is 5. The fraction of sp³-hybridized carbons (Fsp3) is 0.786. The number of Topliss-reactive ketones (excluding diaryl/α,β-unsaturated/α-hetero) is 2. The molecule has 0 unspecified atom stereocenters. The zero-order chi connectivity index (χ0) is 28.9. The molecule has 0 aliphatic carbocycles. The Balaban J connectivity index is 4.37. The van der Waals surface area contributed by atoms with Crippen LogP contribution >= 0.6 is 0 Å². The third-order valence-electron chi connectivity index (χ3n) is 6.21. The quantitative estimate of drug-likeness (QED) is 0.156. The van der Waals surface area contributed by atoms with Gasteiger partial charge in [0, 0.05) is 52.6 Å². The molecule has 10 nitrogen and oxygen atoms in total. The van der Waals surface area contributed by atoms with E-state index in [4.69, 9.17) is 0 Å². The highest BCUT2D eigenvalue weighted by Gasteiger charge is 2.20. The van der Waals surface area contributed by atoms with Crippen LogP contribution in [0, 0.1) is 5.92 Å². The monoisotopic (exact) mass is 538 g/mol. The summed E-state index contributed by atoms with van der Waals surface area (Å²) in [5, 5.41) is 11.0. The molecule has 0 aliphatic rings. The van der Waals surface area contributed by atoms with Crippen molar-refractivity contribution in [3.63, 3.8) is 0 Å². The first-order valence-corrected chi connectivity index (χ1v) is 14.1. The van der Waals surface area contributed by atoms with Crippen LogP contribution in [0.2, 0.25) is 0 Å². The van der Waals surface area contributed by atoms with Crippen molar-refractivity contribution < 1.29 is 28.8 Å². The van der Waals surface area contributed by atoms with E-state index < -0.39 is 12.1 Å². The highest BCUT2D eigenvalue weighted by Crippen LogP contribution is 2.11. The Morgan fingerprint density at radius 3 is 1.58 bits per heavy atom. The smallest absolute Gasteiger partial charge is 0.242 e. The zero-order valence-electron chi connectivity index (χ0n) is 24.1. The number of hydrogen-bond donors (Lipinski definition) is 4. The predicted octanol–water partition coefficient (Wildman–Crippen LogP) is 2.72. The summed E-state index contributed by atoms with van der Waals surface area (Å²) in [5.74, 6) is -0.556. The predicted molar refractivity (Wildman–Crippen MR) is 147 cm³/mol. The molecule has 0 spiro atoms. The van der Waals surface area contributed by atoms with Gasteiger partial charge in [-0.15, -0.1) is 0 Å². The molecule has 0 saturated carbocycles. The molecule has 0 saturated heterocycles. The molecule has 0 rings (SSSR count). The van der Waals surface area contributed by atoms with Crippen molar-refractivity contribution >= 4 is 35.2 Å². The van der Waals surface area contributed by atoms with Gasteiger partial charge in [0.15, 0.2) is 5.78 Å². The van der Waals surface area contributed by atoms with Crippen LogP contribution in [0.25, 0.3) is 0 Å². The van der Waals surface area contributed by atoms with Gasteiger partial charge in [0.05, 0.1) is 6.04 Å². The highest BCUT2D eigenvalue weighted by molar-refractivity contribution is 5.88. The van der Waals surface area contributed by atoms with E-state index in [1.165, 1.54) is 20.8 Å². The summed E-state index contributed by atoms with van der Waals surface area (Å²) in [6.45, 7) is 9.04. The largest absolute Gasteiger partial charge is 0.356 e. The minimum absolute atomic E-state index is 0.0222. The molecule has 0 heterocycles. The van der Waals surface area contributed by atoms with E-state index in [9.17, 15) is 28.8 Å². The van der Waals surface area contributed by atoms with Crippen molar-refractivity contribution in [2.24, 2.45) is 5.92 Å². The van der Waals surface area contributed by atoms with Crippen LogP contribution in [0.15, 0.2) is 0 Å². The number of hydrogen-bond acceptors (Lipinski definition) is 6. The summed E-state index contributed by atoms with van der Waals surface area (Å²) < 4.78 is 0. The van der Waals surface area contributed by atoms with Crippen molar-refractivity contribution in [3.05, 3.63) is 0 Å². The molecule has 4 N–H and O–H groups in total. The van der Waals surface area contributed by atoms with Crippen molar-refractivity contribution in [1.29, 1.82) is 0 Å². The molecule has 0 aromatic heterocycles. The van der Waals surface area contributed by atoms with Gasteiger partial charge in [-0.05, 0) is 44.9 Å². The molecule has 0 bridgehead atoms. The molecule has 0 aromatic carbocycles. The molecule has 4 amide bonds. The van der Waals surface area contributed by atoms with E-state index in [0.29, 0.717) is 64.5 Å². The number of amides is 4. The second-order valence-corrected chi connectivity index (χ2v) is 10.3. The second kappa shape index (κ2) is 21.2. The van der Waals surface area contributed by atoms with Gasteiger partial charge in [-0.25, -0.2) is 0 Å². The zero-order valence-corrected chi connectivity index (χ0v) is 24.1. The van der Waals surface area contributed by atoms with Gasteiger partial charge >= 0.3 is 0 Å². The van der Waals surface area contributed by atoms with Crippen LogP contribution in [0.1, 0.15) is 112 Å². The number of carbonyl (C=O) groups excluding carboxylic acids is 6. The Kier molecular flexibility index (Phi) is 19.6. The molecule has 0 aliphatic heterocycles. The van der Waals surface area contributed by atoms with Gasteiger partial charge in [0.25, 0.3) is 0 Å². The van der Waals surface area contributed by atoms with Gasteiger partial charge in [0.1, 0.15) is 11.8 Å². The number of carbonyl (C=O) groups is 6. The molecule has 218 valence electrons. The third-order valence-corrected chi connectivity index (χ3v) is 6.21. The first kappa shape index (κ1) is 35.2. The van der Waals surface area contributed by atoms with Gasteiger partial charge in [0.2, 0.25) is 23.6 Å². The maximum atomic E-state index is 12.6. The molecule has 0 aromatic rings. The summed E-state index contributed by atoms with van der Waals surface area (Å²) in [5.41, 5.74) is 0.